The maximum absolute atomic E-state index is 12.9. The standard InChI is InChI=1S/C19H22N4O3S/c1-4-27-19-21-18-20-12-8-6-9-13(24)15(12)16(23(18)22-19)11-7-5-10-14(25-2)17(11)26-3/h5,7,10,16H,4,6,8-9H2,1-3H3,(H,20,21,22)/t16-/m0/s1. The molecular formula is C19H22N4O3S. The van der Waals surface area contributed by atoms with Crippen molar-refractivity contribution in [2.75, 3.05) is 25.3 Å². The number of carbonyl (C=O) groups is 1. The number of ketones is 1. The number of nitrogens with one attached hydrogen (secondary N) is 1. The number of anilines is 1. The van der Waals surface area contributed by atoms with Crippen molar-refractivity contribution < 1.29 is 14.3 Å². The first-order valence-corrected chi connectivity index (χ1v) is 10.00. The van der Waals surface area contributed by atoms with Gasteiger partial charge in [0.15, 0.2) is 17.3 Å². The molecule has 1 aromatic carbocycles. The Kier molecular flexibility index (Phi) is 4.82. The van der Waals surface area contributed by atoms with E-state index in [4.69, 9.17) is 9.47 Å². The minimum atomic E-state index is -0.382. The van der Waals surface area contributed by atoms with Crippen LogP contribution in [0, 0.1) is 0 Å². The lowest BCUT2D eigenvalue weighted by Gasteiger charge is -2.32. The Bertz CT molecular complexity index is 922. The molecule has 0 saturated heterocycles. The highest BCUT2D eigenvalue weighted by Gasteiger charge is 2.38. The van der Waals surface area contributed by atoms with Crippen molar-refractivity contribution in [3.8, 4) is 11.5 Å². The molecule has 1 aliphatic heterocycles. The summed E-state index contributed by atoms with van der Waals surface area (Å²) in [7, 11) is 3.22. The molecule has 0 radical (unpaired) electrons. The summed E-state index contributed by atoms with van der Waals surface area (Å²) >= 11 is 1.58. The van der Waals surface area contributed by atoms with Crippen LogP contribution in [-0.2, 0) is 4.79 Å². The molecule has 2 heterocycles. The second-order valence-corrected chi connectivity index (χ2v) is 7.61. The van der Waals surface area contributed by atoms with E-state index < -0.39 is 0 Å². The van der Waals surface area contributed by atoms with Gasteiger partial charge in [0, 0.05) is 23.3 Å². The Morgan fingerprint density at radius 1 is 1.30 bits per heavy atom. The topological polar surface area (TPSA) is 78.3 Å². The quantitative estimate of drug-likeness (QED) is 0.789. The van der Waals surface area contributed by atoms with Crippen LogP contribution < -0.4 is 14.8 Å². The zero-order valence-electron chi connectivity index (χ0n) is 15.6. The van der Waals surface area contributed by atoms with Gasteiger partial charge >= 0.3 is 0 Å². The lowest BCUT2D eigenvalue weighted by atomic mass is 9.85. The van der Waals surface area contributed by atoms with Crippen LogP contribution in [-0.4, -0.2) is 40.5 Å². The number of allylic oxidation sites excluding steroid dienone is 2. The highest BCUT2D eigenvalue weighted by molar-refractivity contribution is 7.99. The number of hydrogen-bond acceptors (Lipinski definition) is 7. The summed E-state index contributed by atoms with van der Waals surface area (Å²) in [6.45, 7) is 2.06. The van der Waals surface area contributed by atoms with Crippen LogP contribution in [0.15, 0.2) is 34.6 Å². The van der Waals surface area contributed by atoms with E-state index in [1.807, 2.05) is 18.2 Å². The van der Waals surface area contributed by atoms with Gasteiger partial charge in [0.25, 0.3) is 0 Å². The number of rotatable bonds is 5. The fraction of sp³-hybridized carbons (Fsp3) is 0.421. The number of para-hydroxylation sites is 1. The molecule has 0 spiro atoms. The predicted molar refractivity (Wildman–Crippen MR) is 104 cm³/mol. The van der Waals surface area contributed by atoms with Gasteiger partial charge in [0.05, 0.1) is 14.2 Å². The lowest BCUT2D eigenvalue weighted by molar-refractivity contribution is -0.116. The van der Waals surface area contributed by atoms with Crippen molar-refractivity contribution in [1.82, 2.24) is 14.8 Å². The molecule has 1 aliphatic carbocycles. The highest BCUT2D eigenvalue weighted by Crippen LogP contribution is 2.45. The number of hydrogen-bond donors (Lipinski definition) is 1. The van der Waals surface area contributed by atoms with Gasteiger partial charge in [0.1, 0.15) is 6.04 Å². The molecule has 1 N–H and O–H groups in total. The smallest absolute Gasteiger partial charge is 0.227 e. The Morgan fingerprint density at radius 3 is 2.89 bits per heavy atom. The first kappa shape index (κ1) is 17.9. The average Bonchev–Trinajstić information content (AvgIpc) is 3.08. The van der Waals surface area contributed by atoms with Gasteiger partial charge in [-0.15, -0.1) is 5.10 Å². The Labute approximate surface area is 162 Å². The van der Waals surface area contributed by atoms with Gasteiger partial charge in [-0.3, -0.25) is 4.79 Å². The zero-order chi connectivity index (χ0) is 19.0. The van der Waals surface area contributed by atoms with Crippen LogP contribution in [0.2, 0.25) is 0 Å². The second kappa shape index (κ2) is 7.26. The van der Waals surface area contributed by atoms with Crippen LogP contribution in [0.5, 0.6) is 11.5 Å². The van der Waals surface area contributed by atoms with Gasteiger partial charge in [-0.25, -0.2) is 4.68 Å². The molecule has 142 valence electrons. The van der Waals surface area contributed by atoms with E-state index in [-0.39, 0.29) is 11.8 Å². The number of fused-ring (bicyclic) bond motifs is 1. The van der Waals surface area contributed by atoms with Crippen LogP contribution in [0.3, 0.4) is 0 Å². The van der Waals surface area contributed by atoms with E-state index in [1.165, 1.54) is 0 Å². The molecule has 1 atom stereocenters. The Hall–Kier alpha value is -2.48. The molecule has 0 amide bonds. The number of Topliss-reactive ketones (excluding diaryl/α,β-unsaturated/α-hetero) is 1. The van der Waals surface area contributed by atoms with E-state index in [0.717, 1.165) is 35.4 Å². The van der Waals surface area contributed by atoms with Crippen molar-refractivity contribution in [3.05, 3.63) is 35.0 Å². The summed E-state index contributed by atoms with van der Waals surface area (Å²) in [4.78, 5) is 17.5. The molecule has 0 unspecified atom stereocenters. The maximum atomic E-state index is 12.9. The van der Waals surface area contributed by atoms with Crippen molar-refractivity contribution >= 4 is 23.5 Å². The zero-order valence-corrected chi connectivity index (χ0v) is 16.4. The molecule has 0 fully saturated rings. The number of ether oxygens (including phenoxy) is 2. The molecule has 27 heavy (non-hydrogen) atoms. The fourth-order valence-corrected chi connectivity index (χ4v) is 4.30. The number of methoxy groups -OCH3 is 2. The summed E-state index contributed by atoms with van der Waals surface area (Å²) in [6, 6.07) is 5.34. The van der Waals surface area contributed by atoms with Crippen LogP contribution in [0.1, 0.15) is 37.8 Å². The number of aromatic nitrogens is 3. The SMILES string of the molecule is CCSc1nc2n(n1)[C@@H](c1cccc(OC)c1OC)C1=C(CCCC1=O)N2. The Morgan fingerprint density at radius 2 is 2.15 bits per heavy atom. The van der Waals surface area contributed by atoms with Gasteiger partial charge in [0.2, 0.25) is 11.1 Å². The minimum absolute atomic E-state index is 0.143. The predicted octanol–water partition coefficient (Wildman–Crippen LogP) is 3.43. The molecule has 4 rings (SSSR count). The molecule has 0 bridgehead atoms. The van der Waals surface area contributed by atoms with Crippen molar-refractivity contribution in [3.63, 3.8) is 0 Å². The third-order valence-corrected chi connectivity index (χ3v) is 5.57. The summed E-state index contributed by atoms with van der Waals surface area (Å²) in [5.41, 5.74) is 2.53. The summed E-state index contributed by atoms with van der Waals surface area (Å²) in [5.74, 6) is 2.92. The normalized spacial score (nSPS) is 18.6. The summed E-state index contributed by atoms with van der Waals surface area (Å²) < 4.78 is 12.9. The molecule has 2 aliphatic rings. The molecule has 7 nitrogen and oxygen atoms in total. The van der Waals surface area contributed by atoms with Crippen LogP contribution in [0.4, 0.5) is 5.95 Å². The minimum Gasteiger partial charge on any atom is -0.493 e. The van der Waals surface area contributed by atoms with E-state index in [9.17, 15) is 4.79 Å². The highest BCUT2D eigenvalue weighted by atomic mass is 32.2. The summed E-state index contributed by atoms with van der Waals surface area (Å²) in [6.07, 6.45) is 2.22. The van der Waals surface area contributed by atoms with E-state index in [2.05, 4.69) is 22.3 Å². The largest absolute Gasteiger partial charge is 0.493 e. The van der Waals surface area contributed by atoms with Gasteiger partial charge in [-0.05, 0) is 24.7 Å². The summed E-state index contributed by atoms with van der Waals surface area (Å²) in [5, 5.41) is 8.71. The van der Waals surface area contributed by atoms with Gasteiger partial charge in [-0.2, -0.15) is 4.98 Å². The molecule has 0 saturated carbocycles. The van der Waals surface area contributed by atoms with E-state index in [0.29, 0.717) is 29.0 Å². The van der Waals surface area contributed by atoms with E-state index >= 15 is 0 Å². The van der Waals surface area contributed by atoms with Gasteiger partial charge < -0.3 is 14.8 Å². The van der Waals surface area contributed by atoms with Crippen LogP contribution in [0.25, 0.3) is 0 Å². The second-order valence-electron chi connectivity index (χ2n) is 6.37. The lowest BCUT2D eigenvalue weighted by Crippen LogP contribution is -2.31. The molecule has 2 aromatic rings. The van der Waals surface area contributed by atoms with Crippen molar-refractivity contribution in [2.45, 2.75) is 37.4 Å². The first-order chi connectivity index (χ1) is 13.2. The molecule has 1 aromatic heterocycles. The number of nitrogens with zero attached hydrogens (tertiary/aromatic N) is 3. The van der Waals surface area contributed by atoms with Crippen LogP contribution >= 0.6 is 11.8 Å². The van der Waals surface area contributed by atoms with Crippen molar-refractivity contribution in [2.24, 2.45) is 0 Å². The monoisotopic (exact) mass is 386 g/mol. The molecule has 8 heteroatoms. The number of benzene rings is 1. The third kappa shape index (κ3) is 2.97. The fourth-order valence-electron chi connectivity index (χ4n) is 3.74. The average molecular weight is 386 g/mol. The van der Waals surface area contributed by atoms with Crippen molar-refractivity contribution in [1.29, 1.82) is 0 Å². The van der Waals surface area contributed by atoms with Gasteiger partial charge in [-0.1, -0.05) is 30.8 Å². The maximum Gasteiger partial charge on any atom is 0.227 e. The van der Waals surface area contributed by atoms with E-state index in [1.54, 1.807) is 30.7 Å². The molecular weight excluding hydrogens is 364 g/mol. The Balaban J connectivity index is 1.93. The number of carbonyl (C=O) groups excluding carboxylic acids is 1. The number of thioether (sulfide) groups is 1. The third-order valence-electron chi connectivity index (χ3n) is 4.85. The first-order valence-electron chi connectivity index (χ1n) is 9.01.